The number of carbonyl (C=O) groups is 2. The SMILES string of the molecule is COC(=O)c1cccc(N(CC2CC2)C(=O)c2ccccc2)c1F. The van der Waals surface area contributed by atoms with Crippen LogP contribution < -0.4 is 4.90 Å². The number of carbonyl (C=O) groups excluding carboxylic acids is 2. The summed E-state index contributed by atoms with van der Waals surface area (Å²) in [5.74, 6) is -1.38. The van der Waals surface area contributed by atoms with Crippen molar-refractivity contribution >= 4 is 17.6 Å². The molecule has 1 aliphatic rings. The lowest BCUT2D eigenvalue weighted by Gasteiger charge is -2.24. The number of rotatable bonds is 5. The smallest absolute Gasteiger partial charge is 0.340 e. The summed E-state index contributed by atoms with van der Waals surface area (Å²) in [5.41, 5.74) is 0.427. The van der Waals surface area contributed by atoms with Crippen molar-refractivity contribution in [3.8, 4) is 0 Å². The molecular formula is C19H18FNO3. The van der Waals surface area contributed by atoms with E-state index in [1.54, 1.807) is 30.3 Å². The lowest BCUT2D eigenvalue weighted by atomic mass is 10.1. The highest BCUT2D eigenvalue weighted by atomic mass is 19.1. The molecule has 0 heterocycles. The average Bonchev–Trinajstić information content (AvgIpc) is 3.44. The number of esters is 1. The van der Waals surface area contributed by atoms with Gasteiger partial charge in [0.05, 0.1) is 18.4 Å². The highest BCUT2D eigenvalue weighted by molar-refractivity contribution is 6.06. The van der Waals surface area contributed by atoms with Crippen molar-refractivity contribution in [2.75, 3.05) is 18.6 Å². The molecule has 1 aliphatic carbocycles. The fraction of sp³-hybridized carbons (Fsp3) is 0.263. The fourth-order valence-electron chi connectivity index (χ4n) is 2.58. The van der Waals surface area contributed by atoms with Gasteiger partial charge >= 0.3 is 5.97 Å². The first-order chi connectivity index (χ1) is 11.6. The number of hydrogen-bond donors (Lipinski definition) is 0. The Morgan fingerprint density at radius 1 is 1.12 bits per heavy atom. The summed E-state index contributed by atoms with van der Waals surface area (Å²) < 4.78 is 19.4. The number of hydrogen-bond acceptors (Lipinski definition) is 3. The molecule has 124 valence electrons. The molecule has 0 aromatic heterocycles. The average molecular weight is 327 g/mol. The van der Waals surface area contributed by atoms with Crippen LogP contribution in [0.3, 0.4) is 0 Å². The Labute approximate surface area is 139 Å². The first-order valence-electron chi connectivity index (χ1n) is 7.85. The van der Waals surface area contributed by atoms with E-state index >= 15 is 0 Å². The van der Waals surface area contributed by atoms with E-state index in [-0.39, 0.29) is 17.2 Å². The third-order valence-corrected chi connectivity index (χ3v) is 4.08. The third kappa shape index (κ3) is 3.30. The van der Waals surface area contributed by atoms with E-state index in [9.17, 15) is 14.0 Å². The van der Waals surface area contributed by atoms with Crippen LogP contribution in [0.4, 0.5) is 10.1 Å². The normalized spacial score (nSPS) is 13.4. The Balaban J connectivity index is 2.00. The minimum absolute atomic E-state index is 0.110. The second-order valence-electron chi connectivity index (χ2n) is 5.86. The Morgan fingerprint density at radius 3 is 2.46 bits per heavy atom. The predicted molar refractivity (Wildman–Crippen MR) is 88.6 cm³/mol. The molecule has 24 heavy (non-hydrogen) atoms. The van der Waals surface area contributed by atoms with E-state index in [1.807, 2.05) is 6.07 Å². The van der Waals surface area contributed by atoms with Gasteiger partial charge in [-0.3, -0.25) is 4.79 Å². The van der Waals surface area contributed by atoms with Gasteiger partial charge in [-0.15, -0.1) is 0 Å². The lowest BCUT2D eigenvalue weighted by Crippen LogP contribution is -2.34. The molecule has 4 nitrogen and oxygen atoms in total. The molecule has 2 aromatic carbocycles. The van der Waals surface area contributed by atoms with Gasteiger partial charge in [0.15, 0.2) is 5.82 Å². The van der Waals surface area contributed by atoms with Crippen molar-refractivity contribution in [2.24, 2.45) is 5.92 Å². The van der Waals surface area contributed by atoms with Crippen LogP contribution in [0, 0.1) is 11.7 Å². The number of ether oxygens (including phenoxy) is 1. The van der Waals surface area contributed by atoms with E-state index in [0.717, 1.165) is 12.8 Å². The van der Waals surface area contributed by atoms with Gasteiger partial charge in [-0.2, -0.15) is 0 Å². The maximum absolute atomic E-state index is 14.8. The zero-order chi connectivity index (χ0) is 17.1. The molecule has 5 heteroatoms. The molecular weight excluding hydrogens is 309 g/mol. The van der Waals surface area contributed by atoms with Crippen molar-refractivity contribution in [2.45, 2.75) is 12.8 Å². The number of amides is 1. The monoisotopic (exact) mass is 327 g/mol. The number of methoxy groups -OCH3 is 1. The van der Waals surface area contributed by atoms with Gasteiger partial charge in [0.2, 0.25) is 0 Å². The molecule has 3 rings (SSSR count). The summed E-state index contributed by atoms with van der Waals surface area (Å²) in [6.45, 7) is 0.440. The quantitative estimate of drug-likeness (QED) is 0.787. The van der Waals surface area contributed by atoms with E-state index < -0.39 is 11.8 Å². The molecule has 0 bridgehead atoms. The van der Waals surface area contributed by atoms with Crippen LogP contribution in [0.5, 0.6) is 0 Å². The number of anilines is 1. The first kappa shape index (κ1) is 16.2. The van der Waals surface area contributed by atoms with E-state index in [4.69, 9.17) is 0 Å². The first-order valence-corrected chi connectivity index (χ1v) is 7.85. The van der Waals surface area contributed by atoms with E-state index in [1.165, 1.54) is 24.1 Å². The Morgan fingerprint density at radius 2 is 1.83 bits per heavy atom. The molecule has 2 aromatic rings. The van der Waals surface area contributed by atoms with Gasteiger partial charge in [-0.05, 0) is 43.0 Å². The maximum Gasteiger partial charge on any atom is 0.340 e. The van der Waals surface area contributed by atoms with Crippen LogP contribution in [0.15, 0.2) is 48.5 Å². The Hall–Kier alpha value is -2.69. The van der Waals surface area contributed by atoms with Crippen LogP contribution in [0.25, 0.3) is 0 Å². The molecule has 0 unspecified atom stereocenters. The van der Waals surface area contributed by atoms with Gasteiger partial charge in [-0.25, -0.2) is 9.18 Å². The highest BCUT2D eigenvalue weighted by Gasteiger charge is 2.30. The summed E-state index contributed by atoms with van der Waals surface area (Å²) in [5, 5.41) is 0. The summed E-state index contributed by atoms with van der Waals surface area (Å²) in [6, 6.07) is 13.2. The second-order valence-corrected chi connectivity index (χ2v) is 5.86. The molecule has 0 spiro atoms. The van der Waals surface area contributed by atoms with Gasteiger partial charge in [0.25, 0.3) is 5.91 Å². The topological polar surface area (TPSA) is 46.6 Å². The Bertz CT molecular complexity index is 756. The zero-order valence-corrected chi connectivity index (χ0v) is 13.4. The molecule has 0 radical (unpaired) electrons. The molecule has 1 amide bonds. The minimum atomic E-state index is -0.757. The van der Waals surface area contributed by atoms with E-state index in [2.05, 4.69) is 4.74 Å². The van der Waals surface area contributed by atoms with Gasteiger partial charge in [0, 0.05) is 12.1 Å². The van der Waals surface area contributed by atoms with Gasteiger partial charge in [-0.1, -0.05) is 24.3 Å². The van der Waals surface area contributed by atoms with Gasteiger partial charge < -0.3 is 9.64 Å². The standard InChI is InChI=1S/C19H18FNO3/c1-24-19(23)15-8-5-9-16(17(15)20)21(12-13-10-11-13)18(22)14-6-3-2-4-7-14/h2-9,13H,10-12H2,1H3. The molecule has 0 aliphatic heterocycles. The van der Waals surface area contributed by atoms with Crippen molar-refractivity contribution in [1.29, 1.82) is 0 Å². The highest BCUT2D eigenvalue weighted by Crippen LogP contribution is 2.33. The summed E-state index contributed by atoms with van der Waals surface area (Å²) in [7, 11) is 1.20. The molecule has 1 fully saturated rings. The lowest BCUT2D eigenvalue weighted by molar-refractivity contribution is 0.0595. The van der Waals surface area contributed by atoms with Crippen LogP contribution in [-0.4, -0.2) is 25.5 Å². The molecule has 1 saturated carbocycles. The molecule has 0 saturated heterocycles. The van der Waals surface area contributed by atoms with Crippen molar-refractivity contribution in [3.63, 3.8) is 0 Å². The third-order valence-electron chi connectivity index (χ3n) is 4.08. The second kappa shape index (κ2) is 6.83. The zero-order valence-electron chi connectivity index (χ0n) is 13.4. The van der Waals surface area contributed by atoms with E-state index in [0.29, 0.717) is 18.0 Å². The maximum atomic E-state index is 14.8. The summed E-state index contributed by atoms with van der Waals surface area (Å²) in [6.07, 6.45) is 2.05. The summed E-state index contributed by atoms with van der Waals surface area (Å²) in [4.78, 5) is 26.0. The number of halogens is 1. The van der Waals surface area contributed by atoms with Crippen LogP contribution in [0.2, 0.25) is 0 Å². The number of benzene rings is 2. The number of nitrogens with zero attached hydrogens (tertiary/aromatic N) is 1. The molecule has 0 atom stereocenters. The van der Waals surface area contributed by atoms with Gasteiger partial charge in [0.1, 0.15) is 0 Å². The Kier molecular flexibility index (Phi) is 4.60. The molecule has 0 N–H and O–H groups in total. The van der Waals surface area contributed by atoms with Crippen LogP contribution >= 0.6 is 0 Å². The minimum Gasteiger partial charge on any atom is -0.465 e. The fourth-order valence-corrected chi connectivity index (χ4v) is 2.58. The summed E-state index contributed by atoms with van der Waals surface area (Å²) >= 11 is 0. The van der Waals surface area contributed by atoms with Crippen molar-refractivity contribution in [1.82, 2.24) is 0 Å². The largest absolute Gasteiger partial charge is 0.465 e. The van der Waals surface area contributed by atoms with Crippen molar-refractivity contribution in [3.05, 3.63) is 65.5 Å². The van der Waals surface area contributed by atoms with Crippen LogP contribution in [-0.2, 0) is 4.74 Å². The van der Waals surface area contributed by atoms with Crippen LogP contribution in [0.1, 0.15) is 33.6 Å². The van der Waals surface area contributed by atoms with Crippen molar-refractivity contribution < 1.29 is 18.7 Å². The predicted octanol–water partition coefficient (Wildman–Crippen LogP) is 3.67.